The van der Waals surface area contributed by atoms with Crippen molar-refractivity contribution in [1.82, 2.24) is 10.6 Å². The number of hydrogen-bond donors (Lipinski definition) is 4. The summed E-state index contributed by atoms with van der Waals surface area (Å²) in [6.45, 7) is 5.86. The Labute approximate surface area is 157 Å². The number of nitrogens with one attached hydrogen (secondary N) is 3. The van der Waals surface area contributed by atoms with Gasteiger partial charge in [-0.2, -0.15) is 5.26 Å². The van der Waals surface area contributed by atoms with Gasteiger partial charge in [0.15, 0.2) is 0 Å². The molecule has 5 N–H and O–H groups in total. The van der Waals surface area contributed by atoms with Gasteiger partial charge in [-0.1, -0.05) is 11.6 Å². The normalized spacial score (nSPS) is 11.3. The Morgan fingerprint density at radius 1 is 1.35 bits per heavy atom. The van der Waals surface area contributed by atoms with E-state index in [1.165, 1.54) is 12.3 Å². The zero-order valence-electron chi connectivity index (χ0n) is 14.9. The molecule has 1 aromatic carbocycles. The van der Waals surface area contributed by atoms with Crippen molar-refractivity contribution >= 4 is 35.0 Å². The molecule has 1 aromatic rings. The van der Waals surface area contributed by atoms with Crippen molar-refractivity contribution in [3.8, 4) is 6.07 Å². The lowest BCUT2D eigenvalue weighted by Crippen LogP contribution is -2.35. The Balaban J connectivity index is 2.47. The van der Waals surface area contributed by atoms with Crippen molar-refractivity contribution in [2.24, 2.45) is 0 Å². The van der Waals surface area contributed by atoms with Crippen molar-refractivity contribution < 1.29 is 14.3 Å². The number of nitriles is 1. The van der Waals surface area contributed by atoms with Gasteiger partial charge in [-0.3, -0.25) is 4.79 Å². The number of carbonyl (C=O) groups is 2. The zero-order chi connectivity index (χ0) is 19.7. The predicted octanol–water partition coefficient (Wildman–Crippen LogP) is 2.38. The maximum Gasteiger partial charge on any atom is 0.407 e. The molecule has 2 amide bonds. The highest BCUT2D eigenvalue weighted by atomic mass is 35.5. The lowest BCUT2D eigenvalue weighted by Gasteiger charge is -2.19. The average molecular weight is 380 g/mol. The fourth-order valence-corrected chi connectivity index (χ4v) is 1.86. The highest BCUT2D eigenvalue weighted by Gasteiger charge is 2.15. The van der Waals surface area contributed by atoms with Crippen LogP contribution in [0, 0.1) is 11.3 Å². The number of rotatable bonds is 6. The Kier molecular flexibility index (Phi) is 7.75. The van der Waals surface area contributed by atoms with E-state index in [0.29, 0.717) is 22.9 Å². The standard InChI is InChI=1S/C17H22ClN5O3/c1-17(2,3)26-16(25)22-7-6-21-10-11(9-19)15(24)23-12-4-5-14(20)13(18)8-12/h4-5,8,10,21H,6-7,20H2,1-3H3,(H,22,25)(H,23,24)/b11-10-. The molecule has 8 nitrogen and oxygen atoms in total. The van der Waals surface area contributed by atoms with E-state index in [1.807, 2.05) is 0 Å². The van der Waals surface area contributed by atoms with Crippen molar-refractivity contribution in [2.75, 3.05) is 24.1 Å². The van der Waals surface area contributed by atoms with Crippen LogP contribution in [0.5, 0.6) is 0 Å². The summed E-state index contributed by atoms with van der Waals surface area (Å²) in [4.78, 5) is 23.5. The molecule has 1 rings (SSSR count). The molecule has 0 saturated heterocycles. The van der Waals surface area contributed by atoms with Crippen molar-refractivity contribution in [1.29, 1.82) is 5.26 Å². The van der Waals surface area contributed by atoms with Crippen LogP contribution in [-0.2, 0) is 9.53 Å². The molecule has 0 saturated carbocycles. The van der Waals surface area contributed by atoms with Crippen molar-refractivity contribution in [3.05, 3.63) is 35.0 Å². The van der Waals surface area contributed by atoms with Gasteiger partial charge in [0.1, 0.15) is 17.2 Å². The highest BCUT2D eigenvalue weighted by molar-refractivity contribution is 6.33. The quantitative estimate of drug-likeness (QED) is 0.260. The van der Waals surface area contributed by atoms with Gasteiger partial charge >= 0.3 is 6.09 Å². The predicted molar refractivity (Wildman–Crippen MR) is 100 cm³/mol. The lowest BCUT2D eigenvalue weighted by atomic mass is 10.2. The maximum absolute atomic E-state index is 12.1. The van der Waals surface area contributed by atoms with E-state index in [0.717, 1.165) is 0 Å². The van der Waals surface area contributed by atoms with Crippen LogP contribution in [0.1, 0.15) is 20.8 Å². The molecule has 0 fully saturated rings. The summed E-state index contributed by atoms with van der Waals surface area (Å²) >= 11 is 5.88. The second-order valence-electron chi connectivity index (χ2n) is 6.24. The summed E-state index contributed by atoms with van der Waals surface area (Å²) in [5.41, 5.74) is 5.70. The molecule has 0 heterocycles. The van der Waals surface area contributed by atoms with Gasteiger partial charge in [-0.25, -0.2) is 4.79 Å². The van der Waals surface area contributed by atoms with E-state index in [1.54, 1.807) is 39.0 Å². The molecule has 0 radical (unpaired) electrons. The third kappa shape index (κ3) is 7.77. The number of alkyl carbamates (subject to hydrolysis) is 1. The van der Waals surface area contributed by atoms with Crippen LogP contribution in [0.2, 0.25) is 5.02 Å². The van der Waals surface area contributed by atoms with Crippen molar-refractivity contribution in [3.63, 3.8) is 0 Å². The number of anilines is 2. The van der Waals surface area contributed by atoms with Crippen LogP contribution in [0.25, 0.3) is 0 Å². The van der Waals surface area contributed by atoms with E-state index in [4.69, 9.17) is 27.3 Å². The number of nitrogens with two attached hydrogens (primary N) is 1. The van der Waals surface area contributed by atoms with Gasteiger partial charge in [-0.15, -0.1) is 0 Å². The maximum atomic E-state index is 12.1. The molecule has 0 aliphatic heterocycles. The minimum absolute atomic E-state index is 0.129. The first-order valence-electron chi connectivity index (χ1n) is 7.79. The monoisotopic (exact) mass is 379 g/mol. The molecule has 0 atom stereocenters. The van der Waals surface area contributed by atoms with Gasteiger partial charge in [0.25, 0.3) is 5.91 Å². The number of nitrogen functional groups attached to an aromatic ring is 1. The molecule has 0 aromatic heterocycles. The fourth-order valence-electron chi connectivity index (χ4n) is 1.68. The number of amides is 2. The van der Waals surface area contributed by atoms with E-state index >= 15 is 0 Å². The van der Waals surface area contributed by atoms with Crippen LogP contribution in [0.4, 0.5) is 16.2 Å². The number of nitrogens with zero attached hydrogens (tertiary/aromatic N) is 1. The van der Waals surface area contributed by atoms with Crippen LogP contribution >= 0.6 is 11.6 Å². The molecule has 0 unspecified atom stereocenters. The summed E-state index contributed by atoms with van der Waals surface area (Å²) in [6.07, 6.45) is 0.729. The number of hydrogen-bond acceptors (Lipinski definition) is 6. The van der Waals surface area contributed by atoms with E-state index in [-0.39, 0.29) is 12.1 Å². The van der Waals surface area contributed by atoms with Crippen LogP contribution < -0.4 is 21.7 Å². The molecule has 26 heavy (non-hydrogen) atoms. The summed E-state index contributed by atoms with van der Waals surface area (Å²) in [7, 11) is 0. The summed E-state index contributed by atoms with van der Waals surface area (Å²) in [6, 6.07) is 6.41. The van der Waals surface area contributed by atoms with Gasteiger partial charge in [0.05, 0.1) is 10.7 Å². The topological polar surface area (TPSA) is 129 Å². The molecular formula is C17H22ClN5O3. The van der Waals surface area contributed by atoms with Gasteiger partial charge < -0.3 is 26.4 Å². The second kappa shape index (κ2) is 9.53. The van der Waals surface area contributed by atoms with Gasteiger partial charge in [0.2, 0.25) is 0 Å². The van der Waals surface area contributed by atoms with Crippen LogP contribution in [0.3, 0.4) is 0 Å². The molecular weight excluding hydrogens is 358 g/mol. The molecule has 0 bridgehead atoms. The lowest BCUT2D eigenvalue weighted by molar-refractivity contribution is -0.112. The highest BCUT2D eigenvalue weighted by Crippen LogP contribution is 2.22. The molecule has 0 spiro atoms. The average Bonchev–Trinajstić information content (AvgIpc) is 2.52. The smallest absolute Gasteiger partial charge is 0.407 e. The third-order valence-electron chi connectivity index (χ3n) is 2.81. The minimum atomic E-state index is -0.596. The molecule has 0 aliphatic rings. The first kappa shape index (κ1) is 21.1. The number of benzene rings is 1. The van der Waals surface area contributed by atoms with Crippen molar-refractivity contribution in [2.45, 2.75) is 26.4 Å². The largest absolute Gasteiger partial charge is 0.444 e. The minimum Gasteiger partial charge on any atom is -0.444 e. The summed E-state index contributed by atoms with van der Waals surface area (Å²) < 4.78 is 5.08. The number of halogens is 1. The first-order chi connectivity index (χ1) is 12.1. The first-order valence-corrected chi connectivity index (χ1v) is 8.17. The van der Waals surface area contributed by atoms with Crippen LogP contribution in [0.15, 0.2) is 30.0 Å². The Morgan fingerprint density at radius 3 is 2.62 bits per heavy atom. The molecule has 0 aliphatic carbocycles. The van der Waals surface area contributed by atoms with Gasteiger partial charge in [-0.05, 0) is 39.0 Å². The van der Waals surface area contributed by atoms with Crippen LogP contribution in [-0.4, -0.2) is 30.7 Å². The Bertz CT molecular complexity index is 735. The second-order valence-corrected chi connectivity index (χ2v) is 6.65. The SMILES string of the molecule is CC(C)(C)OC(=O)NCCN/C=C(/C#N)C(=O)Nc1ccc(N)c(Cl)c1. The molecule has 9 heteroatoms. The van der Waals surface area contributed by atoms with E-state index < -0.39 is 17.6 Å². The zero-order valence-corrected chi connectivity index (χ0v) is 15.6. The van der Waals surface area contributed by atoms with E-state index in [2.05, 4.69) is 16.0 Å². The number of ether oxygens (including phenoxy) is 1. The van der Waals surface area contributed by atoms with E-state index in [9.17, 15) is 9.59 Å². The molecule has 140 valence electrons. The Morgan fingerprint density at radius 2 is 2.04 bits per heavy atom. The third-order valence-corrected chi connectivity index (χ3v) is 3.13. The summed E-state index contributed by atoms with van der Waals surface area (Å²) in [5.74, 6) is -0.596. The fraction of sp³-hybridized carbons (Fsp3) is 0.353. The summed E-state index contributed by atoms with van der Waals surface area (Å²) in [5, 5.41) is 17.3. The Hall–Kier alpha value is -2.92. The van der Waals surface area contributed by atoms with Gasteiger partial charge in [0, 0.05) is 25.0 Å². The number of carbonyl (C=O) groups excluding carboxylic acids is 2.